The molecule has 0 aliphatic rings. The van der Waals surface area contributed by atoms with Crippen molar-refractivity contribution in [3.8, 4) is 0 Å². The van der Waals surface area contributed by atoms with Gasteiger partial charge in [0.25, 0.3) is 0 Å². The molecule has 0 fully saturated rings. The second kappa shape index (κ2) is 17.0. The fourth-order valence-electron chi connectivity index (χ4n) is 3.09. The van der Waals surface area contributed by atoms with E-state index < -0.39 is 0 Å². The molecule has 0 aromatic rings. The van der Waals surface area contributed by atoms with E-state index in [1.165, 1.54) is 88.4 Å². The molecule has 0 atom stereocenters. The molecule has 0 radical (unpaired) electrons. The Balaban J connectivity index is 0. The van der Waals surface area contributed by atoms with Gasteiger partial charge in [-0.1, -0.05) is 46.5 Å². The summed E-state index contributed by atoms with van der Waals surface area (Å²) in [6, 6.07) is 0. The Morgan fingerprint density at radius 3 is 1.43 bits per heavy atom. The molecule has 0 aliphatic heterocycles. The van der Waals surface area contributed by atoms with Gasteiger partial charge in [0.2, 0.25) is 0 Å². The van der Waals surface area contributed by atoms with Crippen molar-refractivity contribution < 1.29 is 33.6 Å². The van der Waals surface area contributed by atoms with Crippen LogP contribution in [0.1, 0.15) is 85.0 Å². The molecule has 0 saturated carbocycles. The van der Waals surface area contributed by atoms with E-state index in [9.17, 15) is 0 Å². The smallest absolute Gasteiger partial charge is 0.0787 e. The second-order valence-electron chi connectivity index (χ2n) is 6.43. The van der Waals surface area contributed by atoms with E-state index in [1.54, 1.807) is 0 Å². The summed E-state index contributed by atoms with van der Waals surface area (Å²) in [6.45, 7) is 12.6. The number of quaternary nitrogens is 1. The number of aliphatic hydroxyl groups is 1. The molecule has 0 aromatic carbocycles. The monoisotopic (exact) mass is 413 g/mol. The highest BCUT2D eigenvalue weighted by Crippen LogP contribution is 2.17. The van der Waals surface area contributed by atoms with Crippen molar-refractivity contribution in [2.75, 3.05) is 32.8 Å². The van der Waals surface area contributed by atoms with Crippen molar-refractivity contribution in [1.29, 1.82) is 0 Å². The zero-order valence-corrected chi connectivity index (χ0v) is 17.0. The summed E-state index contributed by atoms with van der Waals surface area (Å²) in [7, 11) is 0. The number of halogens is 1. The first-order valence-corrected chi connectivity index (χ1v) is 9.20. The molecule has 0 saturated heterocycles. The fourth-order valence-corrected chi connectivity index (χ4v) is 3.09. The first kappa shape index (κ1) is 23.9. The van der Waals surface area contributed by atoms with Crippen molar-refractivity contribution >= 4 is 0 Å². The Bertz CT molecular complexity index is 192. The van der Waals surface area contributed by atoms with E-state index >= 15 is 0 Å². The zero-order chi connectivity index (χ0) is 15.1. The predicted octanol–water partition coefficient (Wildman–Crippen LogP) is 1.76. The van der Waals surface area contributed by atoms with E-state index in [1.807, 2.05) is 0 Å². The van der Waals surface area contributed by atoms with Crippen LogP contribution in [0.15, 0.2) is 0 Å². The molecule has 21 heavy (non-hydrogen) atoms. The first-order valence-electron chi connectivity index (χ1n) is 9.20. The number of hydrogen-bond acceptors (Lipinski definition) is 1. The zero-order valence-electron chi connectivity index (χ0n) is 14.9. The minimum absolute atomic E-state index is 0. The maximum Gasteiger partial charge on any atom is 0.0787 e. The lowest BCUT2D eigenvalue weighted by Crippen LogP contribution is -3.00. The highest BCUT2D eigenvalue weighted by atomic mass is 127. The summed E-state index contributed by atoms with van der Waals surface area (Å²) in [5.41, 5.74) is 0. The van der Waals surface area contributed by atoms with Gasteiger partial charge >= 0.3 is 0 Å². The molecule has 0 aliphatic carbocycles. The maximum absolute atomic E-state index is 9.05. The van der Waals surface area contributed by atoms with Crippen molar-refractivity contribution in [1.82, 2.24) is 0 Å². The summed E-state index contributed by atoms with van der Waals surface area (Å²) >= 11 is 0. The van der Waals surface area contributed by atoms with Crippen LogP contribution in [0, 0.1) is 0 Å². The summed E-state index contributed by atoms with van der Waals surface area (Å²) in [4.78, 5) is 0. The van der Waals surface area contributed by atoms with Crippen LogP contribution in [0.5, 0.6) is 0 Å². The molecule has 1 N–H and O–H groups in total. The molecular weight excluding hydrogens is 373 g/mol. The maximum atomic E-state index is 9.05. The number of nitrogens with zero attached hydrogens (tertiary/aromatic N) is 1. The lowest BCUT2D eigenvalue weighted by molar-refractivity contribution is -0.929. The third kappa shape index (κ3) is 12.8. The topological polar surface area (TPSA) is 20.2 Å². The van der Waals surface area contributed by atoms with Crippen LogP contribution < -0.4 is 24.0 Å². The minimum atomic E-state index is 0. The summed E-state index contributed by atoms with van der Waals surface area (Å²) in [5, 5.41) is 9.05. The molecule has 0 amide bonds. The SMILES string of the molecule is CCCCCC[N+](CCCC)(CCCC)CCCCO.[I-]. The van der Waals surface area contributed by atoms with Crippen LogP contribution in [0.2, 0.25) is 0 Å². The largest absolute Gasteiger partial charge is 1.00 e. The second-order valence-corrected chi connectivity index (χ2v) is 6.43. The Hall–Kier alpha value is 0.650. The third-order valence-corrected chi connectivity index (χ3v) is 4.50. The third-order valence-electron chi connectivity index (χ3n) is 4.50. The van der Waals surface area contributed by atoms with Crippen LogP contribution in [0.25, 0.3) is 0 Å². The number of rotatable bonds is 15. The van der Waals surface area contributed by atoms with Gasteiger partial charge in [0, 0.05) is 6.61 Å². The predicted molar refractivity (Wildman–Crippen MR) is 90.0 cm³/mol. The standard InChI is InChI=1S/C18H40NO.HI/c1-4-7-10-11-16-19(14-8-5-2,15-9-6-3)17-12-13-18-20;/h20H,4-18H2,1-3H3;1H/q+1;/p-1. The summed E-state index contributed by atoms with van der Waals surface area (Å²) in [6.07, 6.45) is 13.0. The Kier molecular flexibility index (Phi) is 19.4. The van der Waals surface area contributed by atoms with Gasteiger partial charge in [-0.3, -0.25) is 0 Å². The summed E-state index contributed by atoms with van der Waals surface area (Å²) < 4.78 is 1.32. The number of hydrogen-bond donors (Lipinski definition) is 1. The number of aliphatic hydroxyl groups excluding tert-OH is 1. The van der Waals surface area contributed by atoms with Gasteiger partial charge in [-0.2, -0.15) is 0 Å². The molecule has 0 heterocycles. The average molecular weight is 413 g/mol. The molecule has 0 bridgehead atoms. The van der Waals surface area contributed by atoms with E-state index in [0.717, 1.165) is 6.42 Å². The van der Waals surface area contributed by atoms with Crippen LogP contribution in [-0.4, -0.2) is 42.4 Å². The highest BCUT2D eigenvalue weighted by molar-refractivity contribution is 4.51. The van der Waals surface area contributed by atoms with Crippen molar-refractivity contribution in [3.63, 3.8) is 0 Å². The molecule has 0 unspecified atom stereocenters. The molecule has 0 aromatic heterocycles. The molecule has 0 spiro atoms. The molecule has 3 heteroatoms. The van der Waals surface area contributed by atoms with Crippen LogP contribution in [-0.2, 0) is 0 Å². The lowest BCUT2D eigenvalue weighted by Gasteiger charge is -2.39. The van der Waals surface area contributed by atoms with Crippen LogP contribution in [0.3, 0.4) is 0 Å². The van der Waals surface area contributed by atoms with Crippen LogP contribution in [0.4, 0.5) is 0 Å². The Labute approximate surface area is 151 Å². The van der Waals surface area contributed by atoms with E-state index in [4.69, 9.17) is 5.11 Å². The van der Waals surface area contributed by atoms with Gasteiger partial charge in [-0.05, 0) is 38.5 Å². The van der Waals surface area contributed by atoms with Gasteiger partial charge in [0.05, 0.1) is 26.2 Å². The van der Waals surface area contributed by atoms with Gasteiger partial charge in [0.15, 0.2) is 0 Å². The van der Waals surface area contributed by atoms with Gasteiger partial charge in [-0.25, -0.2) is 0 Å². The van der Waals surface area contributed by atoms with Crippen molar-refractivity contribution in [3.05, 3.63) is 0 Å². The molecule has 0 rings (SSSR count). The van der Waals surface area contributed by atoms with Gasteiger partial charge < -0.3 is 33.6 Å². The van der Waals surface area contributed by atoms with E-state index in [0.29, 0.717) is 6.61 Å². The average Bonchev–Trinajstić information content (AvgIpc) is 2.47. The molecule has 2 nitrogen and oxygen atoms in total. The molecule has 130 valence electrons. The number of unbranched alkanes of at least 4 members (excludes halogenated alkanes) is 6. The quantitative estimate of drug-likeness (QED) is 0.247. The summed E-state index contributed by atoms with van der Waals surface area (Å²) in [5.74, 6) is 0. The fraction of sp³-hybridized carbons (Fsp3) is 1.00. The van der Waals surface area contributed by atoms with E-state index in [2.05, 4.69) is 20.8 Å². The van der Waals surface area contributed by atoms with Gasteiger partial charge in [0.1, 0.15) is 0 Å². The Morgan fingerprint density at radius 2 is 1.00 bits per heavy atom. The highest BCUT2D eigenvalue weighted by Gasteiger charge is 2.25. The normalized spacial score (nSPS) is 11.4. The molecular formula is C18H40INO. The Morgan fingerprint density at radius 1 is 0.571 bits per heavy atom. The minimum Gasteiger partial charge on any atom is -1.00 e. The van der Waals surface area contributed by atoms with Crippen molar-refractivity contribution in [2.24, 2.45) is 0 Å². The van der Waals surface area contributed by atoms with Crippen molar-refractivity contribution in [2.45, 2.75) is 85.0 Å². The van der Waals surface area contributed by atoms with Gasteiger partial charge in [-0.15, -0.1) is 0 Å². The lowest BCUT2D eigenvalue weighted by atomic mass is 10.1. The first-order chi connectivity index (χ1) is 9.74. The van der Waals surface area contributed by atoms with E-state index in [-0.39, 0.29) is 24.0 Å². The van der Waals surface area contributed by atoms with Crippen LogP contribution >= 0.6 is 0 Å².